The summed E-state index contributed by atoms with van der Waals surface area (Å²) in [5, 5.41) is 0. The van der Waals surface area contributed by atoms with Crippen LogP contribution in [0.15, 0.2) is 0 Å². The molecule has 3 nitrogen and oxygen atoms in total. The van der Waals surface area contributed by atoms with Crippen molar-refractivity contribution in [3.63, 3.8) is 0 Å². The Balaban J connectivity index is 1.95. The zero-order valence-electron chi connectivity index (χ0n) is 8.18. The van der Waals surface area contributed by atoms with Gasteiger partial charge in [-0.15, -0.1) is 0 Å². The average Bonchev–Trinajstić information content (AvgIpc) is 1.99. The van der Waals surface area contributed by atoms with Gasteiger partial charge < -0.3 is 4.74 Å². The van der Waals surface area contributed by atoms with E-state index in [9.17, 15) is 0 Å². The van der Waals surface area contributed by atoms with Crippen LogP contribution in [0.4, 0.5) is 0 Å². The highest BCUT2D eigenvalue weighted by atomic mass is 16.5. The van der Waals surface area contributed by atoms with E-state index in [1.54, 1.807) is 0 Å². The lowest BCUT2D eigenvalue weighted by atomic mass is 9.61. The molecule has 0 spiro atoms. The van der Waals surface area contributed by atoms with Crippen molar-refractivity contribution < 1.29 is 4.74 Å². The van der Waals surface area contributed by atoms with E-state index >= 15 is 0 Å². The number of hydrazine groups is 1. The van der Waals surface area contributed by atoms with E-state index in [1.165, 1.54) is 19.3 Å². The van der Waals surface area contributed by atoms with Crippen LogP contribution in [-0.4, -0.2) is 11.3 Å². The summed E-state index contributed by atoms with van der Waals surface area (Å²) in [5.74, 6) is 7.31. The standard InChI is InChI=1S/C10H18N2O/c1-9-3-7-2-8(4-9)6-10(5-7,12-11)13-9/h7-8,12H,2-6,11H2,1H3/t7-,8+,9?,10?. The molecule has 2 saturated carbocycles. The van der Waals surface area contributed by atoms with Gasteiger partial charge in [0.15, 0.2) is 0 Å². The van der Waals surface area contributed by atoms with Gasteiger partial charge in [-0.2, -0.15) is 0 Å². The second-order valence-electron chi connectivity index (χ2n) is 5.47. The average molecular weight is 182 g/mol. The molecule has 4 fully saturated rings. The fourth-order valence-electron chi connectivity index (χ4n) is 4.06. The van der Waals surface area contributed by atoms with Crippen molar-refractivity contribution in [3.05, 3.63) is 0 Å². The second-order valence-corrected chi connectivity index (χ2v) is 5.47. The number of nitrogens with two attached hydrogens (primary N) is 1. The summed E-state index contributed by atoms with van der Waals surface area (Å²) >= 11 is 0. The van der Waals surface area contributed by atoms with Crippen molar-refractivity contribution in [2.24, 2.45) is 17.7 Å². The predicted octanol–water partition coefficient (Wildman–Crippen LogP) is 1.15. The third-order valence-corrected chi connectivity index (χ3v) is 4.05. The zero-order chi connectivity index (χ0) is 9.10. The molecule has 2 unspecified atom stereocenters. The van der Waals surface area contributed by atoms with Gasteiger partial charge in [0.1, 0.15) is 5.72 Å². The molecule has 4 atom stereocenters. The first kappa shape index (κ1) is 8.21. The van der Waals surface area contributed by atoms with Crippen LogP contribution in [0, 0.1) is 11.8 Å². The molecule has 2 heterocycles. The maximum atomic E-state index is 6.11. The maximum absolute atomic E-state index is 6.11. The molecule has 2 aliphatic carbocycles. The Bertz CT molecular complexity index is 227. The number of hydrogen-bond acceptors (Lipinski definition) is 3. The molecule has 3 N–H and O–H groups in total. The highest BCUT2D eigenvalue weighted by Gasteiger charge is 2.56. The van der Waals surface area contributed by atoms with Gasteiger partial charge in [0.25, 0.3) is 0 Å². The minimum atomic E-state index is -0.168. The SMILES string of the molecule is CC12C[C@H]3C[C@@H](C1)CC(NN)(C3)O2. The molecule has 74 valence electrons. The van der Waals surface area contributed by atoms with Crippen LogP contribution in [0.3, 0.4) is 0 Å². The van der Waals surface area contributed by atoms with Crippen molar-refractivity contribution in [2.75, 3.05) is 0 Å². The van der Waals surface area contributed by atoms with Crippen molar-refractivity contribution >= 4 is 0 Å². The molecule has 4 bridgehead atoms. The van der Waals surface area contributed by atoms with Gasteiger partial charge in [0, 0.05) is 0 Å². The molecule has 13 heavy (non-hydrogen) atoms. The molecule has 2 saturated heterocycles. The Morgan fingerprint density at radius 3 is 2.31 bits per heavy atom. The molecule has 0 aromatic carbocycles. The van der Waals surface area contributed by atoms with Crippen LogP contribution in [0.1, 0.15) is 39.0 Å². The van der Waals surface area contributed by atoms with E-state index in [-0.39, 0.29) is 11.3 Å². The van der Waals surface area contributed by atoms with E-state index in [4.69, 9.17) is 10.6 Å². The lowest BCUT2D eigenvalue weighted by Crippen LogP contribution is -2.67. The molecule has 3 heteroatoms. The first-order valence-corrected chi connectivity index (χ1v) is 5.31. The van der Waals surface area contributed by atoms with E-state index in [0.29, 0.717) is 0 Å². The number of hydrogen-bond donors (Lipinski definition) is 2. The third kappa shape index (κ3) is 1.07. The predicted molar refractivity (Wildman–Crippen MR) is 49.6 cm³/mol. The summed E-state index contributed by atoms with van der Waals surface area (Å²) in [7, 11) is 0. The van der Waals surface area contributed by atoms with Gasteiger partial charge in [-0.3, -0.25) is 5.84 Å². The zero-order valence-corrected chi connectivity index (χ0v) is 8.18. The smallest absolute Gasteiger partial charge is 0.132 e. The summed E-state index contributed by atoms with van der Waals surface area (Å²) in [6.45, 7) is 2.25. The monoisotopic (exact) mass is 182 g/mol. The number of ether oxygens (including phenoxy) is 1. The van der Waals surface area contributed by atoms with E-state index in [1.807, 2.05) is 0 Å². The Hall–Kier alpha value is -0.120. The topological polar surface area (TPSA) is 47.3 Å². The lowest BCUT2D eigenvalue weighted by Gasteiger charge is -2.60. The van der Waals surface area contributed by atoms with Crippen LogP contribution in [0.2, 0.25) is 0 Å². The van der Waals surface area contributed by atoms with Crippen LogP contribution in [-0.2, 0) is 4.74 Å². The molecule has 0 radical (unpaired) electrons. The molecule has 2 aliphatic heterocycles. The van der Waals surface area contributed by atoms with Crippen LogP contribution in [0.5, 0.6) is 0 Å². The van der Waals surface area contributed by atoms with Gasteiger partial charge in [0.05, 0.1) is 5.60 Å². The van der Waals surface area contributed by atoms with E-state index in [0.717, 1.165) is 24.7 Å². The highest BCUT2D eigenvalue weighted by Crippen LogP contribution is 2.56. The quantitative estimate of drug-likeness (QED) is 0.472. The van der Waals surface area contributed by atoms with Gasteiger partial charge in [-0.05, 0) is 50.9 Å². The molecule has 0 aromatic rings. The Morgan fingerprint density at radius 2 is 1.85 bits per heavy atom. The third-order valence-electron chi connectivity index (χ3n) is 4.05. The number of rotatable bonds is 1. The summed E-state index contributed by atoms with van der Waals surface area (Å²) in [6.07, 6.45) is 6.13. The van der Waals surface area contributed by atoms with Crippen LogP contribution in [0.25, 0.3) is 0 Å². The number of nitrogens with one attached hydrogen (secondary N) is 1. The maximum Gasteiger partial charge on any atom is 0.132 e. The minimum Gasteiger partial charge on any atom is -0.353 e. The first-order valence-electron chi connectivity index (χ1n) is 5.31. The van der Waals surface area contributed by atoms with Crippen molar-refractivity contribution in [1.29, 1.82) is 0 Å². The highest BCUT2D eigenvalue weighted by molar-refractivity contribution is 5.04. The summed E-state index contributed by atoms with van der Waals surface area (Å²) in [4.78, 5) is 0. The molecule has 0 aromatic heterocycles. The summed E-state index contributed by atoms with van der Waals surface area (Å²) < 4.78 is 6.11. The summed E-state index contributed by atoms with van der Waals surface area (Å²) in [6, 6.07) is 0. The van der Waals surface area contributed by atoms with Gasteiger partial charge in [-0.1, -0.05) is 0 Å². The second kappa shape index (κ2) is 2.27. The largest absolute Gasteiger partial charge is 0.353 e. The van der Waals surface area contributed by atoms with Crippen molar-refractivity contribution in [2.45, 2.75) is 50.4 Å². The Kier molecular flexibility index (Phi) is 1.43. The van der Waals surface area contributed by atoms with Crippen molar-refractivity contribution in [3.8, 4) is 0 Å². The van der Waals surface area contributed by atoms with Crippen LogP contribution >= 0.6 is 0 Å². The molecule has 0 amide bonds. The molecular formula is C10H18N2O. The van der Waals surface area contributed by atoms with E-state index < -0.39 is 0 Å². The first-order chi connectivity index (χ1) is 6.13. The molecule has 4 rings (SSSR count). The van der Waals surface area contributed by atoms with Gasteiger partial charge in [-0.25, -0.2) is 5.43 Å². The fourth-order valence-corrected chi connectivity index (χ4v) is 4.06. The van der Waals surface area contributed by atoms with Crippen LogP contribution < -0.4 is 11.3 Å². The summed E-state index contributed by atoms with van der Waals surface area (Å²) in [5.41, 5.74) is 2.87. The van der Waals surface area contributed by atoms with Gasteiger partial charge >= 0.3 is 0 Å². The van der Waals surface area contributed by atoms with E-state index in [2.05, 4.69) is 12.3 Å². The van der Waals surface area contributed by atoms with Crippen molar-refractivity contribution in [1.82, 2.24) is 5.43 Å². The lowest BCUT2D eigenvalue weighted by molar-refractivity contribution is -0.279. The molecular weight excluding hydrogens is 164 g/mol. The van der Waals surface area contributed by atoms with Gasteiger partial charge in [0.2, 0.25) is 0 Å². The Morgan fingerprint density at radius 1 is 1.23 bits per heavy atom. The minimum absolute atomic E-state index is 0.121. The normalized spacial score (nSPS) is 58.6. The molecule has 4 aliphatic rings. The Labute approximate surface area is 79.0 Å². The fraction of sp³-hybridized carbons (Fsp3) is 1.00.